The lowest BCUT2D eigenvalue weighted by Crippen LogP contribution is -2.38. The van der Waals surface area contributed by atoms with Gasteiger partial charge in [0.25, 0.3) is 0 Å². The van der Waals surface area contributed by atoms with E-state index < -0.39 is 0 Å². The van der Waals surface area contributed by atoms with Crippen LogP contribution < -0.4 is 0 Å². The fourth-order valence-corrected chi connectivity index (χ4v) is 3.72. The lowest BCUT2D eigenvalue weighted by atomic mass is 9.77. The van der Waals surface area contributed by atoms with Crippen LogP contribution in [0.1, 0.15) is 44.1 Å². The minimum absolute atomic E-state index is 0.386. The minimum Gasteiger partial charge on any atom is -0.508 e. The Balaban J connectivity index is 1.57. The fraction of sp³-hybridized carbons (Fsp3) is 0.625. The first kappa shape index (κ1) is 12.0. The van der Waals surface area contributed by atoms with Gasteiger partial charge >= 0.3 is 0 Å². The monoisotopic (exact) mass is 245 g/mol. The molecule has 1 aromatic rings. The minimum atomic E-state index is 0.386. The number of hydrogen-bond donors (Lipinski definition) is 1. The van der Waals surface area contributed by atoms with Crippen molar-refractivity contribution in [2.75, 3.05) is 13.1 Å². The molecule has 1 heterocycles. The number of piperidine rings is 1. The van der Waals surface area contributed by atoms with Crippen LogP contribution in [0.2, 0.25) is 0 Å². The fourth-order valence-electron chi connectivity index (χ4n) is 3.72. The summed E-state index contributed by atoms with van der Waals surface area (Å²) in [6.45, 7) is 3.45. The van der Waals surface area contributed by atoms with E-state index in [1.54, 1.807) is 6.07 Å². The Morgan fingerprint density at radius 2 is 1.78 bits per heavy atom. The average molecular weight is 245 g/mol. The quantitative estimate of drug-likeness (QED) is 0.861. The molecule has 1 aliphatic carbocycles. The highest BCUT2D eigenvalue weighted by Crippen LogP contribution is 2.46. The maximum atomic E-state index is 9.49. The summed E-state index contributed by atoms with van der Waals surface area (Å²) >= 11 is 0. The standard InChI is InChI=1S/C16H23NO/c18-15-5-3-4-14(12-15)13-17-10-8-16(9-11-17)6-1-2-7-16/h3-5,12,18H,1-2,6-11,13H2. The molecular weight excluding hydrogens is 222 g/mol. The van der Waals surface area contributed by atoms with Crippen molar-refractivity contribution in [3.05, 3.63) is 29.8 Å². The van der Waals surface area contributed by atoms with E-state index in [1.165, 1.54) is 57.2 Å². The predicted molar refractivity (Wildman–Crippen MR) is 73.5 cm³/mol. The van der Waals surface area contributed by atoms with Gasteiger partial charge in [-0.1, -0.05) is 25.0 Å². The molecule has 1 aliphatic heterocycles. The molecule has 18 heavy (non-hydrogen) atoms. The molecular formula is C16H23NO. The van der Waals surface area contributed by atoms with Crippen LogP contribution in [0.15, 0.2) is 24.3 Å². The van der Waals surface area contributed by atoms with Gasteiger partial charge in [-0.05, 0) is 61.9 Å². The van der Waals surface area contributed by atoms with E-state index in [1.807, 2.05) is 12.1 Å². The third-order valence-electron chi connectivity index (χ3n) is 4.90. The lowest BCUT2D eigenvalue weighted by Gasteiger charge is -2.39. The molecule has 0 unspecified atom stereocenters. The number of nitrogens with zero attached hydrogens (tertiary/aromatic N) is 1. The Morgan fingerprint density at radius 1 is 1.06 bits per heavy atom. The second-order valence-corrected chi connectivity index (χ2v) is 6.15. The van der Waals surface area contributed by atoms with Gasteiger partial charge in [0.2, 0.25) is 0 Å². The predicted octanol–water partition coefficient (Wildman–Crippen LogP) is 3.55. The summed E-state index contributed by atoms with van der Waals surface area (Å²) in [6, 6.07) is 7.68. The van der Waals surface area contributed by atoms with Crippen LogP contribution in [0.25, 0.3) is 0 Å². The van der Waals surface area contributed by atoms with Crippen molar-refractivity contribution < 1.29 is 5.11 Å². The highest BCUT2D eigenvalue weighted by atomic mass is 16.3. The van der Waals surface area contributed by atoms with Crippen LogP contribution in [0.3, 0.4) is 0 Å². The maximum absolute atomic E-state index is 9.49. The molecule has 1 N–H and O–H groups in total. The van der Waals surface area contributed by atoms with Crippen LogP contribution in [0.4, 0.5) is 0 Å². The van der Waals surface area contributed by atoms with E-state index in [2.05, 4.69) is 11.0 Å². The molecule has 3 rings (SSSR count). The summed E-state index contributed by atoms with van der Waals surface area (Å²) in [5.74, 6) is 0.386. The SMILES string of the molecule is Oc1cccc(CN2CCC3(CCCC3)CC2)c1. The van der Waals surface area contributed by atoms with Gasteiger partial charge in [-0.15, -0.1) is 0 Å². The van der Waals surface area contributed by atoms with Crippen LogP contribution in [-0.2, 0) is 6.54 Å². The van der Waals surface area contributed by atoms with Gasteiger partial charge in [-0.3, -0.25) is 4.90 Å². The molecule has 1 saturated heterocycles. The molecule has 0 bridgehead atoms. The van der Waals surface area contributed by atoms with Crippen molar-refractivity contribution in [3.8, 4) is 5.75 Å². The second kappa shape index (κ2) is 4.93. The number of rotatable bonds is 2. The van der Waals surface area contributed by atoms with E-state index in [0.29, 0.717) is 11.2 Å². The van der Waals surface area contributed by atoms with E-state index >= 15 is 0 Å². The van der Waals surface area contributed by atoms with Gasteiger partial charge in [0.05, 0.1) is 0 Å². The van der Waals surface area contributed by atoms with Gasteiger partial charge in [-0.25, -0.2) is 0 Å². The molecule has 1 aromatic carbocycles. The number of benzene rings is 1. The number of phenols is 1. The summed E-state index contributed by atoms with van der Waals surface area (Å²) < 4.78 is 0. The molecule has 98 valence electrons. The Kier molecular flexibility index (Phi) is 3.29. The van der Waals surface area contributed by atoms with Gasteiger partial charge in [-0.2, -0.15) is 0 Å². The number of likely N-dealkylation sites (tertiary alicyclic amines) is 1. The van der Waals surface area contributed by atoms with Gasteiger partial charge in [0.1, 0.15) is 5.75 Å². The topological polar surface area (TPSA) is 23.5 Å². The van der Waals surface area contributed by atoms with Crippen molar-refractivity contribution >= 4 is 0 Å². The van der Waals surface area contributed by atoms with E-state index in [0.717, 1.165) is 6.54 Å². The van der Waals surface area contributed by atoms with Gasteiger partial charge in [0, 0.05) is 6.54 Å². The van der Waals surface area contributed by atoms with Crippen LogP contribution in [0.5, 0.6) is 5.75 Å². The Labute approximate surface area is 110 Å². The number of phenolic OH excluding ortho intramolecular Hbond substituents is 1. The molecule has 0 amide bonds. The molecule has 1 saturated carbocycles. The highest BCUT2D eigenvalue weighted by Gasteiger charge is 2.36. The first-order valence-electron chi connectivity index (χ1n) is 7.26. The Bertz CT molecular complexity index is 399. The summed E-state index contributed by atoms with van der Waals surface area (Å²) in [4.78, 5) is 2.54. The Hall–Kier alpha value is -1.02. The molecule has 2 aliphatic rings. The molecule has 0 atom stereocenters. The average Bonchev–Trinajstić information content (AvgIpc) is 2.81. The number of hydrogen-bond acceptors (Lipinski definition) is 2. The van der Waals surface area contributed by atoms with E-state index in [9.17, 15) is 5.11 Å². The Morgan fingerprint density at radius 3 is 2.44 bits per heavy atom. The number of aromatic hydroxyl groups is 1. The third-order valence-corrected chi connectivity index (χ3v) is 4.90. The zero-order chi connectivity index (χ0) is 12.4. The summed E-state index contributed by atoms with van der Waals surface area (Å²) in [5.41, 5.74) is 1.94. The normalized spacial score (nSPS) is 23.6. The van der Waals surface area contributed by atoms with E-state index in [4.69, 9.17) is 0 Å². The summed E-state index contributed by atoms with van der Waals surface area (Å²) in [6.07, 6.45) is 8.59. The van der Waals surface area contributed by atoms with Crippen LogP contribution in [0, 0.1) is 5.41 Å². The third kappa shape index (κ3) is 2.54. The first-order chi connectivity index (χ1) is 8.76. The molecule has 2 fully saturated rings. The van der Waals surface area contributed by atoms with Gasteiger partial charge in [0.15, 0.2) is 0 Å². The van der Waals surface area contributed by atoms with Crippen molar-refractivity contribution in [3.63, 3.8) is 0 Å². The molecule has 0 radical (unpaired) electrons. The maximum Gasteiger partial charge on any atom is 0.115 e. The van der Waals surface area contributed by atoms with Crippen LogP contribution in [-0.4, -0.2) is 23.1 Å². The van der Waals surface area contributed by atoms with Crippen molar-refractivity contribution in [2.45, 2.75) is 45.1 Å². The molecule has 1 spiro atoms. The largest absolute Gasteiger partial charge is 0.508 e. The zero-order valence-corrected chi connectivity index (χ0v) is 11.1. The summed E-state index contributed by atoms with van der Waals surface area (Å²) in [5, 5.41) is 9.49. The van der Waals surface area contributed by atoms with Gasteiger partial charge < -0.3 is 5.11 Å². The molecule has 2 heteroatoms. The first-order valence-corrected chi connectivity index (χ1v) is 7.26. The lowest BCUT2D eigenvalue weighted by molar-refractivity contribution is 0.103. The highest BCUT2D eigenvalue weighted by molar-refractivity contribution is 5.27. The molecule has 0 aromatic heterocycles. The second-order valence-electron chi connectivity index (χ2n) is 6.15. The summed E-state index contributed by atoms with van der Waals surface area (Å²) in [7, 11) is 0. The van der Waals surface area contributed by atoms with Crippen molar-refractivity contribution in [2.24, 2.45) is 5.41 Å². The smallest absolute Gasteiger partial charge is 0.115 e. The van der Waals surface area contributed by atoms with Crippen LogP contribution >= 0.6 is 0 Å². The van der Waals surface area contributed by atoms with Crippen molar-refractivity contribution in [1.29, 1.82) is 0 Å². The zero-order valence-electron chi connectivity index (χ0n) is 11.1. The van der Waals surface area contributed by atoms with Crippen molar-refractivity contribution in [1.82, 2.24) is 4.90 Å². The molecule has 2 nitrogen and oxygen atoms in total. The van der Waals surface area contributed by atoms with E-state index in [-0.39, 0.29) is 0 Å².